The van der Waals surface area contributed by atoms with Gasteiger partial charge in [-0.1, -0.05) is 6.58 Å². The van der Waals surface area contributed by atoms with Crippen LogP contribution in [0.1, 0.15) is 6.42 Å². The molecule has 0 radical (unpaired) electrons. The second-order valence-corrected chi connectivity index (χ2v) is 3.86. The fourth-order valence-corrected chi connectivity index (χ4v) is 1.87. The van der Waals surface area contributed by atoms with Crippen molar-refractivity contribution in [3.8, 4) is 5.75 Å². The van der Waals surface area contributed by atoms with Gasteiger partial charge in [0, 0.05) is 25.7 Å². The monoisotopic (exact) mass is 237 g/mol. The van der Waals surface area contributed by atoms with Crippen LogP contribution in [-0.2, 0) is 0 Å². The van der Waals surface area contributed by atoms with E-state index >= 15 is 0 Å². The van der Waals surface area contributed by atoms with E-state index in [2.05, 4.69) is 21.8 Å². The maximum atomic E-state index is 13.3. The minimum atomic E-state index is -0.610. The molecule has 0 aliphatic carbocycles. The minimum Gasteiger partial charge on any atom is -0.461 e. The molecule has 2 heterocycles. The van der Waals surface area contributed by atoms with Gasteiger partial charge >= 0.3 is 0 Å². The van der Waals surface area contributed by atoms with Gasteiger partial charge in [0.25, 0.3) is 5.95 Å². The van der Waals surface area contributed by atoms with Crippen LogP contribution in [0.25, 0.3) is 0 Å². The zero-order valence-electron chi connectivity index (χ0n) is 9.66. The number of halogens is 1. The van der Waals surface area contributed by atoms with Gasteiger partial charge in [-0.15, -0.1) is 0 Å². The van der Waals surface area contributed by atoms with E-state index in [4.69, 9.17) is 4.74 Å². The van der Waals surface area contributed by atoms with Crippen LogP contribution in [0.2, 0.25) is 0 Å². The highest BCUT2D eigenvalue weighted by Gasteiger charge is 2.13. The summed E-state index contributed by atoms with van der Waals surface area (Å²) >= 11 is 0. The Kier molecular flexibility index (Phi) is 3.93. The topological polar surface area (TPSA) is 37.4 Å². The third-order valence-electron chi connectivity index (χ3n) is 2.71. The third kappa shape index (κ3) is 2.94. The quantitative estimate of drug-likeness (QED) is 0.639. The summed E-state index contributed by atoms with van der Waals surface area (Å²) in [6, 6.07) is 1.66. The number of rotatable bonds is 3. The van der Waals surface area contributed by atoms with Gasteiger partial charge in [0.1, 0.15) is 0 Å². The van der Waals surface area contributed by atoms with Crippen molar-refractivity contribution in [1.82, 2.24) is 10.3 Å². The van der Waals surface area contributed by atoms with Gasteiger partial charge in [-0.3, -0.25) is 0 Å². The van der Waals surface area contributed by atoms with Crippen LogP contribution in [-0.4, -0.2) is 31.2 Å². The molecule has 5 heteroatoms. The van der Waals surface area contributed by atoms with Gasteiger partial charge < -0.3 is 15.0 Å². The van der Waals surface area contributed by atoms with Crippen LogP contribution in [0.3, 0.4) is 0 Å². The van der Waals surface area contributed by atoms with Crippen molar-refractivity contribution in [3.63, 3.8) is 0 Å². The average Bonchev–Trinajstić information content (AvgIpc) is 2.61. The third-order valence-corrected chi connectivity index (χ3v) is 2.71. The largest absolute Gasteiger partial charge is 0.461 e. The Balaban J connectivity index is 2.18. The molecule has 0 spiro atoms. The number of nitrogens with zero attached hydrogens (tertiary/aromatic N) is 2. The molecule has 1 saturated heterocycles. The van der Waals surface area contributed by atoms with Crippen molar-refractivity contribution in [1.29, 1.82) is 0 Å². The summed E-state index contributed by atoms with van der Waals surface area (Å²) in [6.07, 6.45) is 3.81. The number of hydrogen-bond acceptors (Lipinski definition) is 4. The van der Waals surface area contributed by atoms with Crippen LogP contribution < -0.4 is 15.0 Å². The smallest absolute Gasteiger partial charge is 0.255 e. The molecule has 0 aromatic carbocycles. The highest BCUT2D eigenvalue weighted by atomic mass is 19.1. The van der Waals surface area contributed by atoms with Gasteiger partial charge in [-0.05, 0) is 13.0 Å². The van der Waals surface area contributed by atoms with E-state index in [0.29, 0.717) is 0 Å². The number of pyridine rings is 1. The lowest BCUT2D eigenvalue weighted by Crippen LogP contribution is -2.27. The molecule has 0 amide bonds. The zero-order valence-corrected chi connectivity index (χ0v) is 9.66. The molecule has 92 valence electrons. The Morgan fingerprint density at radius 2 is 2.35 bits per heavy atom. The van der Waals surface area contributed by atoms with E-state index in [0.717, 1.165) is 38.3 Å². The molecule has 0 saturated carbocycles. The summed E-state index contributed by atoms with van der Waals surface area (Å²) in [5, 5.41) is 3.31. The summed E-state index contributed by atoms with van der Waals surface area (Å²) < 4.78 is 18.3. The molecule has 1 fully saturated rings. The highest BCUT2D eigenvalue weighted by molar-refractivity contribution is 5.48. The summed E-state index contributed by atoms with van der Waals surface area (Å²) in [5.74, 6) is -0.490. The van der Waals surface area contributed by atoms with E-state index in [9.17, 15) is 4.39 Å². The lowest BCUT2D eigenvalue weighted by atomic mass is 10.3. The molecule has 17 heavy (non-hydrogen) atoms. The van der Waals surface area contributed by atoms with Crippen molar-refractivity contribution < 1.29 is 9.13 Å². The maximum absolute atomic E-state index is 13.3. The van der Waals surface area contributed by atoms with Crippen LogP contribution in [0.15, 0.2) is 25.1 Å². The zero-order chi connectivity index (χ0) is 12.1. The molecule has 0 unspecified atom stereocenters. The summed E-state index contributed by atoms with van der Waals surface area (Å²) in [4.78, 5) is 5.87. The average molecular weight is 237 g/mol. The van der Waals surface area contributed by atoms with E-state index in [1.54, 1.807) is 6.07 Å². The first kappa shape index (κ1) is 11.9. The molecule has 0 atom stereocenters. The summed E-state index contributed by atoms with van der Waals surface area (Å²) in [5.41, 5.74) is 0.881. The first-order valence-corrected chi connectivity index (χ1v) is 5.70. The Morgan fingerprint density at radius 1 is 1.47 bits per heavy atom. The number of ether oxygens (including phenoxy) is 1. The minimum absolute atomic E-state index is 0.120. The van der Waals surface area contributed by atoms with Crippen molar-refractivity contribution >= 4 is 5.69 Å². The molecule has 1 aliphatic heterocycles. The first-order chi connectivity index (χ1) is 8.31. The predicted octanol–water partition coefficient (Wildman–Crippen LogP) is 1.54. The normalized spacial score (nSPS) is 16.4. The first-order valence-electron chi connectivity index (χ1n) is 5.70. The van der Waals surface area contributed by atoms with E-state index in [1.165, 1.54) is 12.5 Å². The Bertz CT molecular complexity index is 389. The van der Waals surface area contributed by atoms with E-state index in [1.807, 2.05) is 0 Å². The van der Waals surface area contributed by atoms with Gasteiger partial charge in [-0.2, -0.15) is 4.39 Å². The second kappa shape index (κ2) is 5.63. The maximum Gasteiger partial charge on any atom is 0.255 e. The SMILES string of the molecule is C=COc1cc(N2CCCNCC2)cnc1F. The van der Waals surface area contributed by atoms with E-state index in [-0.39, 0.29) is 5.75 Å². The fraction of sp³-hybridized carbons (Fsp3) is 0.417. The molecule has 1 aliphatic rings. The second-order valence-electron chi connectivity index (χ2n) is 3.86. The summed E-state index contributed by atoms with van der Waals surface area (Å²) in [6.45, 7) is 7.18. The molecular formula is C12H16FN3O. The predicted molar refractivity (Wildman–Crippen MR) is 64.7 cm³/mol. The van der Waals surface area contributed by atoms with Crippen molar-refractivity contribution in [2.45, 2.75) is 6.42 Å². The van der Waals surface area contributed by atoms with Crippen molar-refractivity contribution in [3.05, 3.63) is 31.1 Å². The van der Waals surface area contributed by atoms with Crippen LogP contribution >= 0.6 is 0 Å². The van der Waals surface area contributed by atoms with Crippen LogP contribution in [0.5, 0.6) is 5.75 Å². The Labute approximate surface area is 100 Å². The Morgan fingerprint density at radius 3 is 3.18 bits per heavy atom. The standard InChI is InChI=1S/C12H16FN3O/c1-2-17-11-8-10(9-15-12(11)13)16-6-3-4-14-5-7-16/h2,8-9,14H,1,3-7H2. The van der Waals surface area contributed by atoms with E-state index < -0.39 is 5.95 Å². The Hall–Kier alpha value is -1.62. The molecule has 2 rings (SSSR count). The molecule has 0 bridgehead atoms. The van der Waals surface area contributed by atoms with Crippen LogP contribution in [0, 0.1) is 5.95 Å². The van der Waals surface area contributed by atoms with Gasteiger partial charge in [0.2, 0.25) is 0 Å². The number of anilines is 1. The molecular weight excluding hydrogens is 221 g/mol. The molecule has 4 nitrogen and oxygen atoms in total. The number of hydrogen-bond donors (Lipinski definition) is 1. The molecule has 1 N–H and O–H groups in total. The highest BCUT2D eigenvalue weighted by Crippen LogP contribution is 2.23. The van der Waals surface area contributed by atoms with Gasteiger partial charge in [-0.25, -0.2) is 4.98 Å². The fourth-order valence-electron chi connectivity index (χ4n) is 1.87. The van der Waals surface area contributed by atoms with Crippen molar-refractivity contribution in [2.24, 2.45) is 0 Å². The van der Waals surface area contributed by atoms with Crippen molar-refractivity contribution in [2.75, 3.05) is 31.1 Å². The lowest BCUT2D eigenvalue weighted by molar-refractivity contribution is 0.429. The molecule has 1 aromatic rings. The van der Waals surface area contributed by atoms with Gasteiger partial charge in [0.15, 0.2) is 5.75 Å². The summed E-state index contributed by atoms with van der Waals surface area (Å²) in [7, 11) is 0. The van der Waals surface area contributed by atoms with Gasteiger partial charge in [0.05, 0.1) is 18.1 Å². The number of aromatic nitrogens is 1. The number of nitrogens with one attached hydrogen (secondary N) is 1. The van der Waals surface area contributed by atoms with Crippen LogP contribution in [0.4, 0.5) is 10.1 Å². The lowest BCUT2D eigenvalue weighted by Gasteiger charge is -2.22. The molecule has 1 aromatic heterocycles.